The van der Waals surface area contributed by atoms with E-state index in [0.717, 1.165) is 42.5 Å². The van der Waals surface area contributed by atoms with Crippen molar-refractivity contribution in [2.45, 2.75) is 33.6 Å². The summed E-state index contributed by atoms with van der Waals surface area (Å²) in [6, 6.07) is 0. The number of amides is 1. The number of rotatable bonds is 4. The zero-order valence-corrected chi connectivity index (χ0v) is 12.4. The van der Waals surface area contributed by atoms with Gasteiger partial charge in [-0.05, 0) is 20.3 Å². The normalized spacial score (nSPS) is 15.2. The molecule has 20 heavy (non-hydrogen) atoms. The van der Waals surface area contributed by atoms with E-state index in [1.807, 2.05) is 20.8 Å². The molecular weight excluding hydrogens is 256 g/mol. The Morgan fingerprint density at radius 1 is 1.25 bits per heavy atom. The Kier molecular flexibility index (Phi) is 4.89. The van der Waals surface area contributed by atoms with Gasteiger partial charge in [0.25, 0.3) is 0 Å². The number of morpholine rings is 1. The quantitative estimate of drug-likeness (QED) is 0.907. The molecule has 0 atom stereocenters. The summed E-state index contributed by atoms with van der Waals surface area (Å²) >= 11 is 0. The van der Waals surface area contributed by atoms with Gasteiger partial charge in [0.1, 0.15) is 0 Å². The fraction of sp³-hybridized carbons (Fsp3) is 0.643. The molecule has 1 saturated heterocycles. The fourth-order valence-electron chi connectivity index (χ4n) is 2.21. The third-order valence-electron chi connectivity index (χ3n) is 3.29. The van der Waals surface area contributed by atoms with E-state index in [1.54, 1.807) is 0 Å². The molecule has 0 aliphatic carbocycles. The van der Waals surface area contributed by atoms with Crippen molar-refractivity contribution >= 4 is 17.5 Å². The lowest BCUT2D eigenvalue weighted by Crippen LogP contribution is -2.37. The summed E-state index contributed by atoms with van der Waals surface area (Å²) in [7, 11) is 0. The number of carbonyl (C=O) groups excluding carboxylic acids is 1. The number of nitrogens with one attached hydrogen (secondary N) is 1. The summed E-state index contributed by atoms with van der Waals surface area (Å²) in [6.07, 6.45) is 1.35. The van der Waals surface area contributed by atoms with Gasteiger partial charge in [-0.15, -0.1) is 0 Å². The number of nitrogens with zero attached hydrogens (tertiary/aromatic N) is 3. The third-order valence-corrected chi connectivity index (χ3v) is 3.29. The van der Waals surface area contributed by atoms with Crippen LogP contribution in [0, 0.1) is 13.8 Å². The van der Waals surface area contributed by atoms with Crippen LogP contribution in [0.15, 0.2) is 0 Å². The molecule has 1 aromatic heterocycles. The van der Waals surface area contributed by atoms with Gasteiger partial charge in [-0.2, -0.15) is 0 Å². The average molecular weight is 278 g/mol. The Balaban J connectivity index is 2.17. The number of aryl methyl sites for hydroxylation is 2. The Labute approximate surface area is 119 Å². The van der Waals surface area contributed by atoms with Gasteiger partial charge in [-0.3, -0.25) is 4.79 Å². The van der Waals surface area contributed by atoms with E-state index in [-0.39, 0.29) is 5.91 Å². The monoisotopic (exact) mass is 278 g/mol. The maximum atomic E-state index is 11.7. The number of ether oxygens (including phenoxy) is 1. The van der Waals surface area contributed by atoms with Gasteiger partial charge in [-0.25, -0.2) is 9.97 Å². The highest BCUT2D eigenvalue weighted by atomic mass is 16.5. The van der Waals surface area contributed by atoms with Crippen LogP contribution in [-0.4, -0.2) is 42.2 Å². The minimum absolute atomic E-state index is 0.0152. The van der Waals surface area contributed by atoms with Crippen LogP contribution in [0.25, 0.3) is 0 Å². The molecule has 2 heterocycles. The molecule has 0 spiro atoms. The van der Waals surface area contributed by atoms with Crippen molar-refractivity contribution in [3.63, 3.8) is 0 Å². The lowest BCUT2D eigenvalue weighted by Gasteiger charge is -2.27. The van der Waals surface area contributed by atoms with Gasteiger partial charge >= 0.3 is 0 Å². The molecule has 0 unspecified atom stereocenters. The number of hydrogen-bond acceptors (Lipinski definition) is 5. The Hall–Kier alpha value is -1.69. The second kappa shape index (κ2) is 6.65. The maximum absolute atomic E-state index is 11.7. The zero-order chi connectivity index (χ0) is 14.5. The van der Waals surface area contributed by atoms with E-state index in [4.69, 9.17) is 4.74 Å². The van der Waals surface area contributed by atoms with Crippen molar-refractivity contribution in [1.82, 2.24) is 9.97 Å². The molecular formula is C14H22N4O2. The smallest absolute Gasteiger partial charge is 0.226 e. The predicted octanol–water partition coefficient (Wildman–Crippen LogP) is 1.67. The van der Waals surface area contributed by atoms with Crippen LogP contribution in [0.3, 0.4) is 0 Å². The number of carbonyl (C=O) groups is 1. The molecule has 0 saturated carbocycles. The highest BCUT2D eigenvalue weighted by Crippen LogP contribution is 2.21. The second-order valence-electron chi connectivity index (χ2n) is 4.97. The first kappa shape index (κ1) is 14.7. The van der Waals surface area contributed by atoms with E-state index in [9.17, 15) is 4.79 Å². The molecule has 2 rings (SSSR count). The number of aromatic nitrogens is 2. The van der Waals surface area contributed by atoms with Crippen LogP contribution in [0.1, 0.15) is 31.2 Å². The van der Waals surface area contributed by atoms with Crippen molar-refractivity contribution in [1.29, 1.82) is 0 Å². The predicted molar refractivity (Wildman–Crippen MR) is 78.1 cm³/mol. The lowest BCUT2D eigenvalue weighted by atomic mass is 10.2. The Morgan fingerprint density at radius 3 is 2.40 bits per heavy atom. The van der Waals surface area contributed by atoms with E-state index in [0.29, 0.717) is 19.6 Å². The maximum Gasteiger partial charge on any atom is 0.226 e. The standard InChI is InChI=1S/C14H22N4O2/c1-4-5-12(19)17-13-10(2)15-14(16-11(13)3)18-6-8-20-9-7-18/h4-9H2,1-3H3,(H,17,19). The van der Waals surface area contributed by atoms with Crippen molar-refractivity contribution in [2.24, 2.45) is 0 Å². The number of anilines is 2. The fourth-order valence-corrected chi connectivity index (χ4v) is 2.21. The van der Waals surface area contributed by atoms with Gasteiger partial charge in [-0.1, -0.05) is 6.92 Å². The van der Waals surface area contributed by atoms with Crippen LogP contribution in [0.5, 0.6) is 0 Å². The molecule has 1 aliphatic heterocycles. The molecule has 1 N–H and O–H groups in total. The summed E-state index contributed by atoms with van der Waals surface area (Å²) in [5, 5.41) is 2.90. The highest BCUT2D eigenvalue weighted by Gasteiger charge is 2.17. The summed E-state index contributed by atoms with van der Waals surface area (Å²) in [4.78, 5) is 22.9. The van der Waals surface area contributed by atoms with Gasteiger partial charge in [0.2, 0.25) is 11.9 Å². The van der Waals surface area contributed by atoms with E-state index in [1.165, 1.54) is 0 Å². The molecule has 0 radical (unpaired) electrons. The zero-order valence-electron chi connectivity index (χ0n) is 12.4. The summed E-state index contributed by atoms with van der Waals surface area (Å²) in [5.41, 5.74) is 2.35. The van der Waals surface area contributed by atoms with Gasteiger partial charge in [0.05, 0.1) is 30.3 Å². The van der Waals surface area contributed by atoms with Crippen LogP contribution in [-0.2, 0) is 9.53 Å². The molecule has 6 nitrogen and oxygen atoms in total. The van der Waals surface area contributed by atoms with Crippen molar-refractivity contribution in [3.8, 4) is 0 Å². The largest absolute Gasteiger partial charge is 0.378 e. The van der Waals surface area contributed by atoms with Crippen molar-refractivity contribution < 1.29 is 9.53 Å². The van der Waals surface area contributed by atoms with E-state index >= 15 is 0 Å². The molecule has 1 fully saturated rings. The lowest BCUT2D eigenvalue weighted by molar-refractivity contribution is -0.116. The van der Waals surface area contributed by atoms with Gasteiger partial charge < -0.3 is 15.0 Å². The van der Waals surface area contributed by atoms with E-state index in [2.05, 4.69) is 20.2 Å². The minimum atomic E-state index is 0.0152. The highest BCUT2D eigenvalue weighted by molar-refractivity contribution is 5.91. The molecule has 0 bridgehead atoms. The first-order chi connectivity index (χ1) is 9.61. The SMILES string of the molecule is CCCC(=O)Nc1c(C)nc(N2CCOCC2)nc1C. The first-order valence-corrected chi connectivity index (χ1v) is 7.09. The molecule has 1 amide bonds. The van der Waals surface area contributed by atoms with Crippen LogP contribution >= 0.6 is 0 Å². The van der Waals surface area contributed by atoms with Crippen LogP contribution in [0.4, 0.5) is 11.6 Å². The molecule has 0 aromatic carbocycles. The Bertz CT molecular complexity index is 461. The van der Waals surface area contributed by atoms with Crippen LogP contribution in [0.2, 0.25) is 0 Å². The van der Waals surface area contributed by atoms with Gasteiger partial charge in [0.15, 0.2) is 0 Å². The number of hydrogen-bond donors (Lipinski definition) is 1. The Morgan fingerprint density at radius 2 is 1.85 bits per heavy atom. The summed E-state index contributed by atoms with van der Waals surface area (Å²) < 4.78 is 5.33. The molecule has 6 heteroatoms. The topological polar surface area (TPSA) is 67.4 Å². The third kappa shape index (κ3) is 3.45. The average Bonchev–Trinajstić information content (AvgIpc) is 2.44. The van der Waals surface area contributed by atoms with E-state index < -0.39 is 0 Å². The molecule has 110 valence electrons. The summed E-state index contributed by atoms with van der Waals surface area (Å²) in [6.45, 7) is 8.81. The molecule has 1 aliphatic rings. The first-order valence-electron chi connectivity index (χ1n) is 7.09. The minimum Gasteiger partial charge on any atom is -0.378 e. The second-order valence-corrected chi connectivity index (χ2v) is 4.97. The van der Waals surface area contributed by atoms with Crippen LogP contribution < -0.4 is 10.2 Å². The van der Waals surface area contributed by atoms with Gasteiger partial charge in [0, 0.05) is 19.5 Å². The molecule has 1 aromatic rings. The van der Waals surface area contributed by atoms with Crippen molar-refractivity contribution in [2.75, 3.05) is 36.5 Å². The van der Waals surface area contributed by atoms with Crippen molar-refractivity contribution in [3.05, 3.63) is 11.4 Å². The summed E-state index contributed by atoms with van der Waals surface area (Å²) in [5.74, 6) is 0.734.